The molecule has 0 amide bonds. The molecule has 1 saturated heterocycles. The highest BCUT2D eigenvalue weighted by Crippen LogP contribution is 2.36. The van der Waals surface area contributed by atoms with Crippen molar-refractivity contribution in [3.63, 3.8) is 0 Å². The minimum absolute atomic E-state index is 0.178. The van der Waals surface area contributed by atoms with Crippen molar-refractivity contribution < 1.29 is 12.8 Å². The van der Waals surface area contributed by atoms with E-state index in [-0.39, 0.29) is 16.7 Å². The van der Waals surface area contributed by atoms with E-state index in [4.69, 9.17) is 4.42 Å². The van der Waals surface area contributed by atoms with Gasteiger partial charge < -0.3 is 4.42 Å². The van der Waals surface area contributed by atoms with Crippen molar-refractivity contribution in [1.82, 2.24) is 29.3 Å². The molecule has 1 unspecified atom stereocenters. The quantitative estimate of drug-likeness (QED) is 0.470. The minimum Gasteiger partial charge on any atom is -0.417 e. The Morgan fingerprint density at radius 1 is 1.16 bits per heavy atom. The second-order valence-electron chi connectivity index (χ2n) is 7.49. The summed E-state index contributed by atoms with van der Waals surface area (Å²) >= 11 is 0. The summed E-state index contributed by atoms with van der Waals surface area (Å²) in [5, 5.41) is 14.5. The number of aryl methyl sites for hydroxylation is 1. The zero-order valence-electron chi connectivity index (χ0n) is 17.0. The zero-order chi connectivity index (χ0) is 21.4. The van der Waals surface area contributed by atoms with Crippen LogP contribution in [0.4, 0.5) is 0 Å². The molecule has 31 heavy (non-hydrogen) atoms. The van der Waals surface area contributed by atoms with Gasteiger partial charge in [-0.15, -0.1) is 10.2 Å². The smallest absolute Gasteiger partial charge is 0.266 e. The maximum Gasteiger partial charge on any atom is 0.266 e. The topological polar surface area (TPSA) is 107 Å². The molecule has 0 N–H and O–H groups in total. The molecule has 0 saturated carbocycles. The summed E-state index contributed by atoms with van der Waals surface area (Å²) in [5.41, 5.74) is 0.589. The summed E-state index contributed by atoms with van der Waals surface area (Å²) in [4.78, 5) is 4.60. The summed E-state index contributed by atoms with van der Waals surface area (Å²) in [6, 6.07) is 9.23. The van der Waals surface area contributed by atoms with Crippen molar-refractivity contribution in [3.8, 4) is 11.6 Å². The second-order valence-corrected chi connectivity index (χ2v) is 9.38. The van der Waals surface area contributed by atoms with Crippen LogP contribution in [-0.4, -0.2) is 44.2 Å². The number of sulfonamides is 1. The van der Waals surface area contributed by atoms with Gasteiger partial charge in [-0.2, -0.15) is 9.40 Å². The van der Waals surface area contributed by atoms with Crippen LogP contribution in [0.25, 0.3) is 22.4 Å². The van der Waals surface area contributed by atoms with E-state index in [1.165, 1.54) is 10.5 Å². The molecule has 1 aromatic carbocycles. The van der Waals surface area contributed by atoms with Gasteiger partial charge in [0, 0.05) is 30.9 Å². The SMILES string of the molecule is CCn1cc(S(=O)(=O)N2CCCCC2c2nnc(-c3nccc4ccccc34)o2)cn1. The zero-order valence-corrected chi connectivity index (χ0v) is 17.9. The van der Waals surface area contributed by atoms with Crippen LogP contribution < -0.4 is 0 Å². The normalized spacial score (nSPS) is 17.9. The number of benzene rings is 1. The summed E-state index contributed by atoms with van der Waals surface area (Å²) in [6.07, 6.45) is 6.93. The van der Waals surface area contributed by atoms with Gasteiger partial charge in [0.05, 0.1) is 6.20 Å². The van der Waals surface area contributed by atoms with Gasteiger partial charge in [0.15, 0.2) is 0 Å². The predicted octanol–water partition coefficient (Wildman–Crippen LogP) is 3.42. The molecule has 0 radical (unpaired) electrons. The average molecular weight is 439 g/mol. The predicted molar refractivity (Wildman–Crippen MR) is 113 cm³/mol. The first kappa shape index (κ1) is 19.8. The molecule has 1 atom stereocenters. The second kappa shape index (κ2) is 7.86. The lowest BCUT2D eigenvalue weighted by Gasteiger charge is -2.31. The lowest BCUT2D eigenvalue weighted by atomic mass is 10.1. The molecule has 0 spiro atoms. The molecule has 0 aliphatic carbocycles. The molecule has 10 heteroatoms. The third-order valence-electron chi connectivity index (χ3n) is 5.60. The van der Waals surface area contributed by atoms with E-state index >= 15 is 0 Å². The molecule has 0 bridgehead atoms. The van der Waals surface area contributed by atoms with Gasteiger partial charge in [0.2, 0.25) is 15.9 Å². The number of hydrogen-bond acceptors (Lipinski definition) is 7. The number of hydrogen-bond donors (Lipinski definition) is 0. The van der Waals surface area contributed by atoms with E-state index in [9.17, 15) is 8.42 Å². The Morgan fingerprint density at radius 3 is 2.87 bits per heavy atom. The fourth-order valence-corrected chi connectivity index (χ4v) is 5.59. The summed E-state index contributed by atoms with van der Waals surface area (Å²) < 4.78 is 35.7. The van der Waals surface area contributed by atoms with E-state index in [0.29, 0.717) is 25.2 Å². The fourth-order valence-electron chi connectivity index (χ4n) is 3.98. The van der Waals surface area contributed by atoms with Crippen LogP contribution in [0.2, 0.25) is 0 Å². The lowest BCUT2D eigenvalue weighted by molar-refractivity contribution is 0.220. The van der Waals surface area contributed by atoms with Crippen LogP contribution >= 0.6 is 0 Å². The number of piperidine rings is 1. The Kier molecular flexibility index (Phi) is 5.03. The molecule has 3 aromatic heterocycles. The van der Waals surface area contributed by atoms with Gasteiger partial charge in [0.1, 0.15) is 16.6 Å². The highest BCUT2D eigenvalue weighted by atomic mass is 32.2. The molecular weight excluding hydrogens is 416 g/mol. The number of nitrogens with zero attached hydrogens (tertiary/aromatic N) is 6. The maximum atomic E-state index is 13.3. The first-order chi connectivity index (χ1) is 15.1. The number of aromatic nitrogens is 5. The molecule has 4 aromatic rings. The fraction of sp³-hybridized carbons (Fsp3) is 0.333. The van der Waals surface area contributed by atoms with Crippen LogP contribution in [0.5, 0.6) is 0 Å². The van der Waals surface area contributed by atoms with E-state index in [1.807, 2.05) is 37.3 Å². The van der Waals surface area contributed by atoms with Crippen LogP contribution in [-0.2, 0) is 16.6 Å². The van der Waals surface area contributed by atoms with E-state index < -0.39 is 16.1 Å². The summed E-state index contributed by atoms with van der Waals surface area (Å²) in [7, 11) is -3.73. The van der Waals surface area contributed by atoms with Gasteiger partial charge >= 0.3 is 0 Å². The standard InChI is InChI=1S/C21H22N6O3S/c1-2-26-14-16(13-23-26)31(28,29)27-12-6-5-9-18(27)20-24-25-21(30-20)19-17-8-4-3-7-15(17)10-11-22-19/h3-4,7-8,10-11,13-14,18H,2,5-6,9,12H2,1H3. The Labute approximate surface area is 179 Å². The summed E-state index contributed by atoms with van der Waals surface area (Å²) in [6.45, 7) is 2.91. The lowest BCUT2D eigenvalue weighted by Crippen LogP contribution is -2.38. The molecule has 1 aliphatic heterocycles. The maximum absolute atomic E-state index is 13.3. The van der Waals surface area contributed by atoms with E-state index in [1.54, 1.807) is 17.1 Å². The van der Waals surface area contributed by atoms with Gasteiger partial charge in [0.25, 0.3) is 5.89 Å². The molecule has 9 nitrogen and oxygen atoms in total. The van der Waals surface area contributed by atoms with Crippen LogP contribution in [0.3, 0.4) is 0 Å². The average Bonchev–Trinajstić information content (AvgIpc) is 3.49. The first-order valence-electron chi connectivity index (χ1n) is 10.3. The van der Waals surface area contributed by atoms with Crippen LogP contribution in [0.15, 0.2) is 58.2 Å². The number of rotatable bonds is 5. The molecule has 5 rings (SSSR count). The number of pyridine rings is 1. The largest absolute Gasteiger partial charge is 0.417 e. The highest BCUT2D eigenvalue weighted by Gasteiger charge is 2.38. The van der Waals surface area contributed by atoms with Gasteiger partial charge in [-0.25, -0.2) is 8.42 Å². The van der Waals surface area contributed by atoms with Gasteiger partial charge in [-0.1, -0.05) is 30.7 Å². The van der Waals surface area contributed by atoms with Crippen molar-refractivity contribution >= 4 is 20.8 Å². The van der Waals surface area contributed by atoms with Crippen molar-refractivity contribution in [2.45, 2.75) is 43.7 Å². The van der Waals surface area contributed by atoms with Crippen molar-refractivity contribution in [2.24, 2.45) is 0 Å². The highest BCUT2D eigenvalue weighted by molar-refractivity contribution is 7.89. The Bertz CT molecular complexity index is 1320. The molecule has 160 valence electrons. The monoisotopic (exact) mass is 438 g/mol. The van der Waals surface area contributed by atoms with Gasteiger partial charge in [-0.3, -0.25) is 9.67 Å². The third-order valence-corrected chi connectivity index (χ3v) is 7.46. The van der Waals surface area contributed by atoms with Crippen molar-refractivity contribution in [3.05, 3.63) is 54.8 Å². The summed E-state index contributed by atoms with van der Waals surface area (Å²) in [5.74, 6) is 0.574. The third kappa shape index (κ3) is 3.51. The minimum atomic E-state index is -3.73. The molecule has 4 heterocycles. The molecule has 1 aliphatic rings. The van der Waals surface area contributed by atoms with Crippen LogP contribution in [0.1, 0.15) is 38.1 Å². The number of fused-ring (bicyclic) bond motifs is 1. The van der Waals surface area contributed by atoms with Gasteiger partial charge in [-0.05, 0) is 31.2 Å². The van der Waals surface area contributed by atoms with Crippen LogP contribution in [0, 0.1) is 0 Å². The van der Waals surface area contributed by atoms with Crippen molar-refractivity contribution in [1.29, 1.82) is 0 Å². The van der Waals surface area contributed by atoms with E-state index in [2.05, 4.69) is 20.3 Å². The van der Waals surface area contributed by atoms with Crippen molar-refractivity contribution in [2.75, 3.05) is 6.54 Å². The Hall–Kier alpha value is -3.11. The Morgan fingerprint density at radius 2 is 2.03 bits per heavy atom. The molecular formula is C21H22N6O3S. The van der Waals surface area contributed by atoms with E-state index in [0.717, 1.165) is 23.6 Å². The Balaban J connectivity index is 1.51. The molecule has 1 fully saturated rings. The first-order valence-corrected chi connectivity index (χ1v) is 11.7.